The molecule has 0 saturated heterocycles. The van der Waals surface area contributed by atoms with E-state index in [1.165, 1.54) is 31.0 Å². The number of hydrogen-bond donors (Lipinski definition) is 2. The van der Waals surface area contributed by atoms with Gasteiger partial charge in [0.2, 0.25) is 0 Å². The highest BCUT2D eigenvalue weighted by atomic mass is 35.5. The molecule has 2 N–H and O–H groups in total. The average molecular weight is 285 g/mol. The molecule has 0 bridgehead atoms. The fraction of sp³-hybridized carbons (Fsp3) is 0.500. The summed E-state index contributed by atoms with van der Waals surface area (Å²) < 4.78 is 13.0. The molecule has 19 heavy (non-hydrogen) atoms. The molecule has 3 nitrogen and oxygen atoms in total. The van der Waals surface area contributed by atoms with E-state index in [1.54, 1.807) is 0 Å². The lowest BCUT2D eigenvalue weighted by Gasteiger charge is -2.16. The normalized spacial score (nSPS) is 16.7. The monoisotopic (exact) mass is 284 g/mol. The number of nitrogens with one attached hydrogen (secondary N) is 2. The number of rotatable bonds is 2. The number of carbonyl (C=O) groups excluding carboxylic acids is 1. The van der Waals surface area contributed by atoms with Crippen molar-refractivity contribution < 1.29 is 9.18 Å². The maximum atomic E-state index is 13.0. The van der Waals surface area contributed by atoms with Gasteiger partial charge in [-0.05, 0) is 31.0 Å². The summed E-state index contributed by atoms with van der Waals surface area (Å²) in [6, 6.07) is 4.12. The Hall–Kier alpha value is -1.29. The molecule has 2 rings (SSSR count). The van der Waals surface area contributed by atoms with Crippen LogP contribution in [0.3, 0.4) is 0 Å². The summed E-state index contributed by atoms with van der Waals surface area (Å²) in [5.74, 6) is -0.489. The van der Waals surface area contributed by atoms with Crippen molar-refractivity contribution in [3.63, 3.8) is 0 Å². The molecule has 1 aromatic rings. The number of amides is 2. The average Bonchev–Trinajstić information content (AvgIpc) is 2.62. The Bertz CT molecular complexity index is 445. The van der Waals surface area contributed by atoms with Gasteiger partial charge in [-0.15, -0.1) is 0 Å². The number of anilines is 1. The Morgan fingerprint density at radius 3 is 2.53 bits per heavy atom. The number of benzene rings is 1. The van der Waals surface area contributed by atoms with E-state index >= 15 is 0 Å². The van der Waals surface area contributed by atoms with Gasteiger partial charge >= 0.3 is 6.03 Å². The summed E-state index contributed by atoms with van der Waals surface area (Å²) in [7, 11) is 0. The maximum Gasteiger partial charge on any atom is 0.319 e. The zero-order chi connectivity index (χ0) is 13.7. The molecule has 104 valence electrons. The van der Waals surface area contributed by atoms with Crippen LogP contribution in [-0.4, -0.2) is 12.1 Å². The van der Waals surface area contributed by atoms with Crippen molar-refractivity contribution in [2.45, 2.75) is 44.6 Å². The summed E-state index contributed by atoms with van der Waals surface area (Å²) in [6.45, 7) is 0. The van der Waals surface area contributed by atoms with Crippen molar-refractivity contribution in [3.05, 3.63) is 29.0 Å². The highest BCUT2D eigenvalue weighted by molar-refractivity contribution is 6.31. The highest BCUT2D eigenvalue weighted by Crippen LogP contribution is 2.20. The van der Waals surface area contributed by atoms with Crippen molar-refractivity contribution in [2.24, 2.45) is 0 Å². The van der Waals surface area contributed by atoms with Crippen molar-refractivity contribution in [1.29, 1.82) is 0 Å². The van der Waals surface area contributed by atoms with Gasteiger partial charge in [-0.2, -0.15) is 0 Å². The first-order valence-corrected chi connectivity index (χ1v) is 7.05. The third-order valence-corrected chi connectivity index (χ3v) is 3.66. The molecule has 5 heteroatoms. The van der Waals surface area contributed by atoms with Gasteiger partial charge in [0.15, 0.2) is 0 Å². The van der Waals surface area contributed by atoms with Crippen molar-refractivity contribution >= 4 is 23.3 Å². The molecular formula is C14H18ClFN2O. The minimum atomic E-state index is -0.489. The summed E-state index contributed by atoms with van der Waals surface area (Å²) in [4.78, 5) is 11.8. The van der Waals surface area contributed by atoms with Gasteiger partial charge in [-0.25, -0.2) is 9.18 Å². The lowest BCUT2D eigenvalue weighted by molar-refractivity contribution is 0.247. The van der Waals surface area contributed by atoms with Crippen LogP contribution in [0.2, 0.25) is 5.02 Å². The Labute approximate surface area is 117 Å². The van der Waals surface area contributed by atoms with Gasteiger partial charge in [0.25, 0.3) is 0 Å². The Kier molecular flexibility index (Phi) is 5.02. The smallest absolute Gasteiger partial charge is 0.319 e. The first-order chi connectivity index (χ1) is 9.15. The SMILES string of the molecule is O=C(Nc1ccc(F)c(Cl)c1)NC1CCCCCC1. The Balaban J connectivity index is 1.87. The van der Waals surface area contributed by atoms with E-state index in [2.05, 4.69) is 10.6 Å². The predicted octanol–water partition coefficient (Wildman–Crippen LogP) is 4.32. The van der Waals surface area contributed by atoms with Crippen LogP contribution < -0.4 is 10.6 Å². The van der Waals surface area contributed by atoms with Crippen LogP contribution in [0.15, 0.2) is 18.2 Å². The zero-order valence-electron chi connectivity index (χ0n) is 10.7. The van der Waals surface area contributed by atoms with Crippen LogP contribution in [-0.2, 0) is 0 Å². The topological polar surface area (TPSA) is 41.1 Å². The molecule has 0 atom stereocenters. The fourth-order valence-electron chi connectivity index (χ4n) is 2.35. The van der Waals surface area contributed by atoms with Crippen LogP contribution in [0.5, 0.6) is 0 Å². The minimum Gasteiger partial charge on any atom is -0.335 e. The lowest BCUT2D eigenvalue weighted by Crippen LogP contribution is -2.37. The summed E-state index contributed by atoms with van der Waals surface area (Å²) in [6.07, 6.45) is 6.86. The van der Waals surface area contributed by atoms with E-state index in [1.807, 2.05) is 0 Å². The predicted molar refractivity (Wildman–Crippen MR) is 75.1 cm³/mol. The molecule has 1 fully saturated rings. The molecule has 0 radical (unpaired) electrons. The van der Waals surface area contributed by atoms with Crippen LogP contribution >= 0.6 is 11.6 Å². The molecule has 1 aromatic carbocycles. The fourth-order valence-corrected chi connectivity index (χ4v) is 2.53. The van der Waals surface area contributed by atoms with E-state index in [0.717, 1.165) is 25.7 Å². The van der Waals surface area contributed by atoms with Gasteiger partial charge in [0.05, 0.1) is 5.02 Å². The molecule has 1 aliphatic rings. The van der Waals surface area contributed by atoms with Gasteiger partial charge in [0.1, 0.15) is 5.82 Å². The molecule has 0 spiro atoms. The first-order valence-electron chi connectivity index (χ1n) is 6.68. The van der Waals surface area contributed by atoms with Gasteiger partial charge < -0.3 is 10.6 Å². The third-order valence-electron chi connectivity index (χ3n) is 3.37. The quantitative estimate of drug-likeness (QED) is 0.780. The van der Waals surface area contributed by atoms with Crippen molar-refractivity contribution in [1.82, 2.24) is 5.32 Å². The molecule has 0 aromatic heterocycles. The molecule has 0 unspecified atom stereocenters. The standard InChI is InChI=1S/C14H18ClFN2O/c15-12-9-11(7-8-13(12)16)18-14(19)17-10-5-3-1-2-4-6-10/h7-10H,1-6H2,(H2,17,18,19). The van der Waals surface area contributed by atoms with E-state index in [9.17, 15) is 9.18 Å². The lowest BCUT2D eigenvalue weighted by atomic mass is 10.1. The second-order valence-corrected chi connectivity index (χ2v) is 5.32. The third kappa shape index (κ3) is 4.39. The molecule has 0 aliphatic heterocycles. The summed E-state index contributed by atoms with van der Waals surface area (Å²) >= 11 is 5.66. The number of halogens is 2. The Morgan fingerprint density at radius 2 is 1.89 bits per heavy atom. The maximum absolute atomic E-state index is 13.0. The van der Waals surface area contributed by atoms with Crippen LogP contribution in [0.25, 0.3) is 0 Å². The molecular weight excluding hydrogens is 267 g/mol. The minimum absolute atomic E-state index is 0.00673. The molecule has 0 heterocycles. The zero-order valence-corrected chi connectivity index (χ0v) is 11.5. The summed E-state index contributed by atoms with van der Waals surface area (Å²) in [5, 5.41) is 5.64. The van der Waals surface area contributed by atoms with Gasteiger partial charge in [-0.1, -0.05) is 37.3 Å². The van der Waals surface area contributed by atoms with E-state index in [4.69, 9.17) is 11.6 Å². The van der Waals surface area contributed by atoms with Crippen LogP contribution in [0.1, 0.15) is 38.5 Å². The van der Waals surface area contributed by atoms with E-state index in [-0.39, 0.29) is 17.1 Å². The first kappa shape index (κ1) is 14.1. The van der Waals surface area contributed by atoms with E-state index < -0.39 is 5.82 Å². The van der Waals surface area contributed by atoms with Crippen molar-refractivity contribution in [3.8, 4) is 0 Å². The van der Waals surface area contributed by atoms with Gasteiger partial charge in [-0.3, -0.25) is 0 Å². The number of carbonyl (C=O) groups is 1. The number of hydrogen-bond acceptors (Lipinski definition) is 1. The second-order valence-electron chi connectivity index (χ2n) is 4.92. The number of urea groups is 1. The molecule has 1 aliphatic carbocycles. The molecule has 1 saturated carbocycles. The van der Waals surface area contributed by atoms with Gasteiger partial charge in [0, 0.05) is 11.7 Å². The van der Waals surface area contributed by atoms with E-state index in [0.29, 0.717) is 5.69 Å². The second kappa shape index (κ2) is 6.75. The largest absolute Gasteiger partial charge is 0.335 e. The van der Waals surface area contributed by atoms with Crippen LogP contribution in [0, 0.1) is 5.82 Å². The Morgan fingerprint density at radius 1 is 1.21 bits per heavy atom. The van der Waals surface area contributed by atoms with Crippen molar-refractivity contribution in [2.75, 3.05) is 5.32 Å². The van der Waals surface area contributed by atoms with Crippen LogP contribution in [0.4, 0.5) is 14.9 Å². The highest BCUT2D eigenvalue weighted by Gasteiger charge is 2.14. The summed E-state index contributed by atoms with van der Waals surface area (Å²) in [5.41, 5.74) is 0.498. The molecule has 2 amide bonds.